The number of benzene rings is 2. The van der Waals surface area contributed by atoms with Crippen molar-refractivity contribution in [1.82, 2.24) is 41.3 Å². The zero-order valence-electron chi connectivity index (χ0n) is 44.9. The SMILES string of the molecule is NCCCC[C@H](NC(=O)[C@@H](N)CCC(N)=O)C(=O)N1CCC[C@H]1C(=O)N[C@@H](Cc1ccccc1)C(=O)N[C@@H](CCC(N)=O)C(=O)N[C@@H](CCC(N)=O)C(=O)N1CCC[C@H]1C(=O)N1CCC[C@H]1C(=O)N[C@@H](Cc1ccccc1)C(=O)O. The van der Waals surface area contributed by atoms with Crippen LogP contribution in [0.5, 0.6) is 0 Å². The molecule has 3 heterocycles. The third kappa shape index (κ3) is 18.6. The average Bonchev–Trinajstić information content (AvgIpc) is 4.30. The van der Waals surface area contributed by atoms with Crippen LogP contribution in [0.1, 0.15) is 107 Å². The van der Waals surface area contributed by atoms with Crippen LogP contribution in [0, 0.1) is 0 Å². The molecule has 2 aromatic rings. The molecule has 0 aromatic heterocycles. The largest absolute Gasteiger partial charge is 0.480 e. The summed E-state index contributed by atoms with van der Waals surface area (Å²) in [4.78, 5) is 165. The van der Waals surface area contributed by atoms with Gasteiger partial charge in [0.05, 0.1) is 6.04 Å². The number of hydrogen-bond donors (Lipinski definition) is 11. The topological polar surface area (TPSA) is 425 Å². The van der Waals surface area contributed by atoms with E-state index in [-0.39, 0.29) is 83.8 Å². The summed E-state index contributed by atoms with van der Waals surface area (Å²) in [7, 11) is 0. The maximum absolute atomic E-state index is 14.6. The fourth-order valence-electron chi connectivity index (χ4n) is 10.2. The molecule has 2 aromatic carbocycles. The summed E-state index contributed by atoms with van der Waals surface area (Å²) in [5, 5.41) is 23.1. The van der Waals surface area contributed by atoms with Crippen molar-refractivity contribution in [3.8, 4) is 0 Å². The summed E-state index contributed by atoms with van der Waals surface area (Å²) in [6.07, 6.45) is 0.941. The van der Waals surface area contributed by atoms with Crippen LogP contribution in [0.15, 0.2) is 60.7 Å². The zero-order chi connectivity index (χ0) is 58.5. The molecule has 0 aliphatic carbocycles. The Hall–Kier alpha value is -8.00. The number of nitrogens with zero attached hydrogens (tertiary/aromatic N) is 3. The Kier molecular flexibility index (Phi) is 24.3. The van der Waals surface area contributed by atoms with Crippen molar-refractivity contribution in [2.45, 2.75) is 164 Å². The number of rotatable bonds is 31. The molecule has 3 saturated heterocycles. The highest BCUT2D eigenvalue weighted by Gasteiger charge is 2.45. The van der Waals surface area contributed by atoms with E-state index >= 15 is 0 Å². The van der Waals surface area contributed by atoms with E-state index in [9.17, 15) is 62.6 Å². The number of carboxylic acid groups (broad SMARTS) is 1. The summed E-state index contributed by atoms with van der Waals surface area (Å²) in [5.74, 6) is -9.50. The van der Waals surface area contributed by atoms with E-state index < -0.39 is 138 Å². The summed E-state index contributed by atoms with van der Waals surface area (Å²) in [6.45, 7) is 0.628. The summed E-state index contributed by atoms with van der Waals surface area (Å²) in [5.41, 5.74) is 29.2. The minimum atomic E-state index is -1.58. The van der Waals surface area contributed by atoms with Gasteiger partial charge < -0.3 is 75.1 Å². The second-order valence-electron chi connectivity index (χ2n) is 20.5. The quantitative estimate of drug-likeness (QED) is 0.0340. The minimum Gasteiger partial charge on any atom is -0.480 e. The molecular formula is C54H77N13O13. The highest BCUT2D eigenvalue weighted by Crippen LogP contribution is 2.27. The van der Waals surface area contributed by atoms with Crippen LogP contribution in [0.25, 0.3) is 0 Å². The predicted molar refractivity (Wildman–Crippen MR) is 288 cm³/mol. The minimum absolute atomic E-state index is 0.00520. The maximum atomic E-state index is 14.6. The van der Waals surface area contributed by atoms with Gasteiger partial charge in [-0.2, -0.15) is 0 Å². The van der Waals surface area contributed by atoms with E-state index in [0.29, 0.717) is 49.8 Å². The van der Waals surface area contributed by atoms with Crippen molar-refractivity contribution in [2.75, 3.05) is 26.2 Å². The molecule has 3 aliphatic rings. The first kappa shape index (κ1) is 62.8. The lowest BCUT2D eigenvalue weighted by molar-refractivity contribution is -0.149. The molecule has 80 heavy (non-hydrogen) atoms. The monoisotopic (exact) mass is 1120 g/mol. The molecule has 0 bridgehead atoms. The number of unbranched alkanes of at least 4 members (excludes halogenated alkanes) is 1. The summed E-state index contributed by atoms with van der Waals surface area (Å²) in [6, 6.07) is 5.93. The number of amides is 11. The number of likely N-dealkylation sites (tertiary alicyclic amines) is 3. The van der Waals surface area contributed by atoms with Crippen LogP contribution >= 0.6 is 0 Å². The van der Waals surface area contributed by atoms with Gasteiger partial charge in [0.1, 0.15) is 48.3 Å². The van der Waals surface area contributed by atoms with Crippen molar-refractivity contribution in [2.24, 2.45) is 28.7 Å². The molecule has 0 unspecified atom stereocenters. The van der Waals surface area contributed by atoms with Crippen LogP contribution in [-0.2, 0) is 70.4 Å². The molecule has 0 radical (unpaired) electrons. The second kappa shape index (κ2) is 31.0. The Balaban J connectivity index is 1.33. The molecule has 436 valence electrons. The first-order valence-corrected chi connectivity index (χ1v) is 27.2. The smallest absolute Gasteiger partial charge is 0.326 e. The summed E-state index contributed by atoms with van der Waals surface area (Å²) < 4.78 is 0. The van der Waals surface area contributed by atoms with E-state index in [2.05, 4.69) is 26.6 Å². The molecule has 3 aliphatic heterocycles. The Morgan fingerprint density at radius 3 is 1.43 bits per heavy atom. The van der Waals surface area contributed by atoms with Gasteiger partial charge in [-0.1, -0.05) is 60.7 Å². The van der Waals surface area contributed by atoms with Crippen LogP contribution in [0.3, 0.4) is 0 Å². The van der Waals surface area contributed by atoms with Gasteiger partial charge in [-0.25, -0.2) is 4.79 Å². The van der Waals surface area contributed by atoms with Crippen LogP contribution < -0.4 is 55.3 Å². The Labute approximate surface area is 463 Å². The van der Waals surface area contributed by atoms with Crippen molar-refractivity contribution in [3.05, 3.63) is 71.8 Å². The standard InChI is InChI=1S/C54H77N13O13/c55-26-8-7-16-36(61-46(71)34(56)20-23-43(57)68)51(76)65-27-9-17-40(65)49(74)63-38(30-32-12-3-1-4-13-32)48(73)60-35(21-24-44(58)69)47(72)62-37(22-25-45(59)70)52(77)67-29-11-19-42(67)53(78)66-28-10-18-41(66)50(75)64-39(54(79)80)31-33-14-5-2-6-15-33/h1-6,12-15,34-42H,7-11,16-31,55-56H2,(H2,57,68)(H2,58,69)(H2,59,70)(H,60,73)(H,61,71)(H,62,72)(H,63,74)(H,64,75)(H,79,80)/t34-,35-,36-,37-,38-,39-,40-,41-,42-/m0/s1. The molecule has 3 fully saturated rings. The lowest BCUT2D eigenvalue weighted by Gasteiger charge is -2.33. The number of nitrogens with one attached hydrogen (secondary N) is 5. The van der Waals surface area contributed by atoms with Crippen molar-refractivity contribution in [3.63, 3.8) is 0 Å². The molecule has 16 N–H and O–H groups in total. The Morgan fingerprint density at radius 2 is 0.900 bits per heavy atom. The summed E-state index contributed by atoms with van der Waals surface area (Å²) >= 11 is 0. The molecule has 0 spiro atoms. The average molecular weight is 1120 g/mol. The number of carbonyl (C=O) groups is 12. The maximum Gasteiger partial charge on any atom is 0.326 e. The normalized spacial score (nSPS) is 19.1. The first-order valence-electron chi connectivity index (χ1n) is 27.2. The highest BCUT2D eigenvalue weighted by molar-refractivity contribution is 5.99. The second-order valence-corrected chi connectivity index (χ2v) is 20.5. The predicted octanol–water partition coefficient (Wildman–Crippen LogP) is -2.79. The number of carboxylic acids is 1. The van der Waals surface area contributed by atoms with Crippen molar-refractivity contribution in [1.29, 1.82) is 0 Å². The number of nitrogens with two attached hydrogens (primary N) is 5. The first-order chi connectivity index (χ1) is 38.2. The van der Waals surface area contributed by atoms with Gasteiger partial charge in [-0.3, -0.25) is 52.7 Å². The van der Waals surface area contributed by atoms with Gasteiger partial charge >= 0.3 is 5.97 Å². The molecule has 5 rings (SSSR count). The number of primary amides is 3. The van der Waals surface area contributed by atoms with E-state index in [1.165, 1.54) is 14.7 Å². The molecule has 9 atom stereocenters. The molecule has 26 heteroatoms. The lowest BCUT2D eigenvalue weighted by atomic mass is 10.0. The molecule has 11 amide bonds. The Bertz CT molecular complexity index is 2540. The molecule has 0 saturated carbocycles. The van der Waals surface area contributed by atoms with Gasteiger partial charge in [0.2, 0.25) is 65.0 Å². The molecular weight excluding hydrogens is 1040 g/mol. The van der Waals surface area contributed by atoms with Gasteiger partial charge in [0.25, 0.3) is 0 Å². The highest BCUT2D eigenvalue weighted by atomic mass is 16.4. The van der Waals surface area contributed by atoms with E-state index in [1.54, 1.807) is 60.7 Å². The third-order valence-corrected chi connectivity index (χ3v) is 14.5. The molecule has 26 nitrogen and oxygen atoms in total. The van der Waals surface area contributed by atoms with Gasteiger partial charge in [0.15, 0.2) is 0 Å². The van der Waals surface area contributed by atoms with E-state index in [1.807, 2.05) is 0 Å². The fraction of sp³-hybridized carbons (Fsp3) is 0.556. The van der Waals surface area contributed by atoms with Crippen molar-refractivity contribution < 1.29 is 62.6 Å². The van der Waals surface area contributed by atoms with Gasteiger partial charge in [-0.15, -0.1) is 0 Å². The van der Waals surface area contributed by atoms with E-state index in [4.69, 9.17) is 28.7 Å². The fourth-order valence-corrected chi connectivity index (χ4v) is 10.2. The van der Waals surface area contributed by atoms with Crippen molar-refractivity contribution >= 4 is 70.9 Å². The third-order valence-electron chi connectivity index (χ3n) is 14.5. The zero-order valence-corrected chi connectivity index (χ0v) is 44.9. The van der Waals surface area contributed by atoms with Gasteiger partial charge in [-0.05, 0) is 94.7 Å². The van der Waals surface area contributed by atoms with Crippen LogP contribution in [-0.4, -0.2) is 171 Å². The van der Waals surface area contributed by atoms with Gasteiger partial charge in [0, 0.05) is 51.7 Å². The number of aliphatic carboxylic acids is 1. The number of hydrogen-bond acceptors (Lipinski definition) is 14. The van der Waals surface area contributed by atoms with Crippen LogP contribution in [0.2, 0.25) is 0 Å². The number of carbonyl (C=O) groups excluding carboxylic acids is 11. The lowest BCUT2D eigenvalue weighted by Crippen LogP contribution is -2.60. The Morgan fingerprint density at radius 1 is 0.487 bits per heavy atom. The van der Waals surface area contributed by atoms with E-state index in [0.717, 1.165) is 0 Å². The van der Waals surface area contributed by atoms with Crippen LogP contribution in [0.4, 0.5) is 0 Å².